The van der Waals surface area contributed by atoms with Crippen LogP contribution < -0.4 is 10.1 Å². The van der Waals surface area contributed by atoms with Crippen LogP contribution in [0.25, 0.3) is 0 Å². The lowest BCUT2D eigenvalue weighted by Gasteiger charge is -2.14. The van der Waals surface area contributed by atoms with Gasteiger partial charge in [0.05, 0.1) is 12.3 Å². The first kappa shape index (κ1) is 16.4. The fourth-order valence-corrected chi connectivity index (χ4v) is 2.53. The van der Waals surface area contributed by atoms with E-state index >= 15 is 0 Å². The molecule has 24 heavy (non-hydrogen) atoms. The minimum atomic E-state index is -0.427. The van der Waals surface area contributed by atoms with Gasteiger partial charge in [0.15, 0.2) is 0 Å². The van der Waals surface area contributed by atoms with E-state index in [2.05, 4.69) is 15.6 Å². The number of carbonyl (C=O) groups is 1. The Balaban J connectivity index is 1.49. The molecule has 1 amide bonds. The van der Waals surface area contributed by atoms with E-state index in [1.54, 1.807) is 17.8 Å². The molecule has 7 heteroatoms. The molecule has 2 aromatic rings. The molecule has 0 aliphatic carbocycles. The van der Waals surface area contributed by atoms with Crippen LogP contribution in [0.4, 0.5) is 0 Å². The highest BCUT2D eigenvalue weighted by Crippen LogP contribution is 2.13. The van der Waals surface area contributed by atoms with Crippen molar-refractivity contribution in [3.8, 4) is 5.75 Å². The Hall–Kier alpha value is -2.41. The van der Waals surface area contributed by atoms with Crippen molar-refractivity contribution in [2.45, 2.75) is 38.5 Å². The van der Waals surface area contributed by atoms with E-state index in [1.165, 1.54) is 0 Å². The number of nitrogens with one attached hydrogen (secondary N) is 1. The van der Waals surface area contributed by atoms with E-state index in [1.807, 2.05) is 30.3 Å². The van der Waals surface area contributed by atoms with Crippen LogP contribution in [0.1, 0.15) is 31.5 Å². The molecule has 3 rings (SSSR count). The number of para-hydroxylation sites is 1. The van der Waals surface area contributed by atoms with Gasteiger partial charge in [-0.15, -0.1) is 5.10 Å². The molecule has 1 N–H and O–H groups in total. The summed E-state index contributed by atoms with van der Waals surface area (Å²) in [5.74, 6) is 0.681. The summed E-state index contributed by atoms with van der Waals surface area (Å²) in [6.45, 7) is 3.43. The first-order chi connectivity index (χ1) is 11.7. The Labute approximate surface area is 141 Å². The molecule has 0 saturated carbocycles. The lowest BCUT2D eigenvalue weighted by atomic mass is 10.2. The van der Waals surface area contributed by atoms with Gasteiger partial charge in [-0.3, -0.25) is 4.79 Å². The predicted octanol–water partition coefficient (Wildman–Crippen LogP) is 1.71. The molecule has 0 radical (unpaired) electrons. The second-order valence-electron chi connectivity index (χ2n) is 5.85. The normalized spacial score (nSPS) is 18.3. The van der Waals surface area contributed by atoms with Crippen molar-refractivity contribution in [1.29, 1.82) is 0 Å². The summed E-state index contributed by atoms with van der Waals surface area (Å²) in [4.78, 5) is 12.2. The Morgan fingerprint density at radius 1 is 1.46 bits per heavy atom. The van der Waals surface area contributed by atoms with Gasteiger partial charge >= 0.3 is 0 Å². The van der Waals surface area contributed by atoms with E-state index in [0.29, 0.717) is 18.8 Å². The summed E-state index contributed by atoms with van der Waals surface area (Å²) in [6.07, 6.45) is 3.93. The summed E-state index contributed by atoms with van der Waals surface area (Å²) in [6, 6.07) is 9.08. The molecule has 1 aliphatic heterocycles. The molecule has 2 atom stereocenters. The van der Waals surface area contributed by atoms with E-state index in [0.717, 1.165) is 25.2 Å². The van der Waals surface area contributed by atoms with Gasteiger partial charge in [0.2, 0.25) is 5.91 Å². The molecule has 1 fully saturated rings. The van der Waals surface area contributed by atoms with Crippen molar-refractivity contribution in [2.75, 3.05) is 13.2 Å². The van der Waals surface area contributed by atoms with E-state index in [9.17, 15) is 4.79 Å². The molecule has 0 spiro atoms. The van der Waals surface area contributed by atoms with Gasteiger partial charge < -0.3 is 14.8 Å². The second kappa shape index (κ2) is 7.92. The van der Waals surface area contributed by atoms with Crippen LogP contribution in [-0.2, 0) is 16.1 Å². The van der Waals surface area contributed by atoms with Gasteiger partial charge in [0, 0.05) is 13.2 Å². The van der Waals surface area contributed by atoms with E-state index in [-0.39, 0.29) is 12.0 Å². The quantitative estimate of drug-likeness (QED) is 0.836. The largest absolute Gasteiger partial charge is 0.487 e. The zero-order chi connectivity index (χ0) is 16.8. The highest BCUT2D eigenvalue weighted by Gasteiger charge is 2.20. The summed E-state index contributed by atoms with van der Waals surface area (Å²) >= 11 is 0. The molecule has 1 saturated heterocycles. The van der Waals surface area contributed by atoms with Gasteiger partial charge in [0.1, 0.15) is 24.1 Å². The first-order valence-corrected chi connectivity index (χ1v) is 8.20. The van der Waals surface area contributed by atoms with Gasteiger partial charge in [-0.2, -0.15) is 0 Å². The van der Waals surface area contributed by atoms with Crippen LogP contribution in [0.2, 0.25) is 0 Å². The van der Waals surface area contributed by atoms with Crippen LogP contribution >= 0.6 is 0 Å². The Bertz CT molecular complexity index is 653. The number of benzene rings is 1. The highest BCUT2D eigenvalue weighted by atomic mass is 16.5. The number of hydrogen-bond acceptors (Lipinski definition) is 5. The van der Waals surface area contributed by atoms with Crippen LogP contribution in [0, 0.1) is 0 Å². The van der Waals surface area contributed by atoms with Crippen molar-refractivity contribution >= 4 is 5.91 Å². The van der Waals surface area contributed by atoms with Crippen molar-refractivity contribution < 1.29 is 14.3 Å². The van der Waals surface area contributed by atoms with Crippen LogP contribution in [-0.4, -0.2) is 40.2 Å². The number of aromatic nitrogens is 3. The molecule has 0 bridgehead atoms. The molecule has 128 valence electrons. The van der Waals surface area contributed by atoms with Crippen molar-refractivity contribution in [3.05, 3.63) is 42.2 Å². The van der Waals surface area contributed by atoms with Gasteiger partial charge in [0.25, 0.3) is 0 Å². The average Bonchev–Trinajstić information content (AvgIpc) is 3.30. The molecule has 2 heterocycles. The summed E-state index contributed by atoms with van der Waals surface area (Å²) in [5, 5.41) is 11.0. The van der Waals surface area contributed by atoms with Crippen LogP contribution in [0.15, 0.2) is 36.5 Å². The van der Waals surface area contributed by atoms with Crippen molar-refractivity contribution in [1.82, 2.24) is 20.3 Å². The number of hydrogen-bond donors (Lipinski definition) is 1. The monoisotopic (exact) mass is 330 g/mol. The SMILES string of the molecule is C[C@H](C(=O)NC[C@@H]1CCCO1)n1cc(COc2ccccc2)nn1. The minimum Gasteiger partial charge on any atom is -0.487 e. The molecular formula is C17H22N4O3. The molecule has 1 aromatic heterocycles. The van der Waals surface area contributed by atoms with E-state index < -0.39 is 6.04 Å². The highest BCUT2D eigenvalue weighted by molar-refractivity contribution is 5.79. The molecule has 1 aliphatic rings. The second-order valence-corrected chi connectivity index (χ2v) is 5.85. The zero-order valence-corrected chi connectivity index (χ0v) is 13.7. The Morgan fingerprint density at radius 3 is 3.04 bits per heavy atom. The lowest BCUT2D eigenvalue weighted by molar-refractivity contribution is -0.124. The third-order valence-electron chi connectivity index (χ3n) is 3.99. The third-order valence-corrected chi connectivity index (χ3v) is 3.99. The van der Waals surface area contributed by atoms with Gasteiger partial charge in [-0.1, -0.05) is 23.4 Å². The fourth-order valence-electron chi connectivity index (χ4n) is 2.53. The standard InChI is InChI=1S/C17H22N4O3/c1-13(17(22)18-10-16-8-5-9-23-16)21-11-14(19-20-21)12-24-15-6-3-2-4-7-15/h2-4,6-7,11,13,16H,5,8-10,12H2,1H3,(H,18,22)/t13-,16+/m1/s1. The van der Waals surface area contributed by atoms with Crippen molar-refractivity contribution in [2.24, 2.45) is 0 Å². The van der Waals surface area contributed by atoms with Gasteiger partial charge in [-0.25, -0.2) is 4.68 Å². The summed E-state index contributed by atoms with van der Waals surface area (Å²) in [5.41, 5.74) is 0.678. The molecular weight excluding hydrogens is 308 g/mol. The molecule has 1 aromatic carbocycles. The minimum absolute atomic E-state index is 0.0917. The number of rotatable bonds is 7. The van der Waals surface area contributed by atoms with E-state index in [4.69, 9.17) is 9.47 Å². The van der Waals surface area contributed by atoms with Crippen LogP contribution in [0.3, 0.4) is 0 Å². The topological polar surface area (TPSA) is 78.3 Å². The maximum Gasteiger partial charge on any atom is 0.244 e. The summed E-state index contributed by atoms with van der Waals surface area (Å²) < 4.78 is 12.7. The summed E-state index contributed by atoms with van der Waals surface area (Å²) in [7, 11) is 0. The van der Waals surface area contributed by atoms with Gasteiger partial charge in [-0.05, 0) is 31.9 Å². The predicted molar refractivity (Wildman–Crippen MR) is 87.5 cm³/mol. The number of nitrogens with zero attached hydrogens (tertiary/aromatic N) is 3. The maximum absolute atomic E-state index is 12.2. The Morgan fingerprint density at radius 2 is 2.29 bits per heavy atom. The number of amides is 1. The van der Waals surface area contributed by atoms with Crippen LogP contribution in [0.5, 0.6) is 5.75 Å². The average molecular weight is 330 g/mol. The Kier molecular flexibility index (Phi) is 5.43. The first-order valence-electron chi connectivity index (χ1n) is 8.20. The third kappa shape index (κ3) is 4.32. The molecule has 7 nitrogen and oxygen atoms in total. The smallest absolute Gasteiger partial charge is 0.244 e. The zero-order valence-electron chi connectivity index (χ0n) is 13.7. The van der Waals surface area contributed by atoms with Crippen molar-refractivity contribution in [3.63, 3.8) is 0 Å². The molecule has 0 unspecified atom stereocenters. The lowest BCUT2D eigenvalue weighted by Crippen LogP contribution is -2.36. The maximum atomic E-state index is 12.2. The number of carbonyl (C=O) groups excluding carboxylic acids is 1. The fraction of sp³-hybridized carbons (Fsp3) is 0.471. The number of ether oxygens (including phenoxy) is 2.